The summed E-state index contributed by atoms with van der Waals surface area (Å²) in [6.07, 6.45) is 1.69. The van der Waals surface area contributed by atoms with Crippen LogP contribution in [-0.4, -0.2) is 35.9 Å². The Labute approximate surface area is 111 Å². The van der Waals surface area contributed by atoms with E-state index in [2.05, 4.69) is 5.10 Å². The Balaban J connectivity index is 2.84. The summed E-state index contributed by atoms with van der Waals surface area (Å²) in [5.41, 5.74) is 0.679. The maximum absolute atomic E-state index is 11.3. The molecule has 19 heavy (non-hydrogen) atoms. The van der Waals surface area contributed by atoms with Crippen molar-refractivity contribution < 1.29 is 14.6 Å². The SMILES string of the molecule is COc1cc(/C=N\N(CCC#N)C(C)=O)ccc1O. The molecule has 0 atom stereocenters. The molecular formula is C13H15N3O3. The predicted molar refractivity (Wildman–Crippen MR) is 69.9 cm³/mol. The van der Waals surface area contributed by atoms with Crippen LogP contribution in [0.5, 0.6) is 11.5 Å². The fourth-order valence-corrected chi connectivity index (χ4v) is 1.36. The highest BCUT2D eigenvalue weighted by atomic mass is 16.5. The second-order valence-corrected chi connectivity index (χ2v) is 3.73. The number of phenols is 1. The van der Waals surface area contributed by atoms with Crippen LogP contribution in [0.2, 0.25) is 0 Å². The Bertz CT molecular complexity index is 520. The van der Waals surface area contributed by atoms with Crippen LogP contribution < -0.4 is 4.74 Å². The van der Waals surface area contributed by atoms with Crippen LogP contribution >= 0.6 is 0 Å². The number of carbonyl (C=O) groups excluding carboxylic acids is 1. The lowest BCUT2D eigenvalue weighted by molar-refractivity contribution is -0.128. The smallest absolute Gasteiger partial charge is 0.239 e. The molecule has 0 aromatic heterocycles. The summed E-state index contributed by atoms with van der Waals surface area (Å²) in [7, 11) is 1.45. The summed E-state index contributed by atoms with van der Waals surface area (Å²) in [6.45, 7) is 1.63. The van der Waals surface area contributed by atoms with Crippen LogP contribution in [0.15, 0.2) is 23.3 Å². The number of nitrogens with zero attached hydrogens (tertiary/aromatic N) is 3. The highest BCUT2D eigenvalue weighted by molar-refractivity contribution is 5.82. The van der Waals surface area contributed by atoms with Gasteiger partial charge in [-0.15, -0.1) is 0 Å². The molecule has 0 saturated carbocycles. The molecule has 0 aliphatic heterocycles. The van der Waals surface area contributed by atoms with Crippen molar-refractivity contribution in [3.05, 3.63) is 23.8 Å². The minimum Gasteiger partial charge on any atom is -0.504 e. The monoisotopic (exact) mass is 261 g/mol. The van der Waals surface area contributed by atoms with E-state index >= 15 is 0 Å². The third-order valence-corrected chi connectivity index (χ3v) is 2.35. The molecule has 0 radical (unpaired) electrons. The average Bonchev–Trinajstić information content (AvgIpc) is 2.40. The second-order valence-electron chi connectivity index (χ2n) is 3.73. The van der Waals surface area contributed by atoms with Crippen molar-refractivity contribution >= 4 is 12.1 Å². The molecule has 0 bridgehead atoms. The number of hydrogen-bond acceptors (Lipinski definition) is 5. The third-order valence-electron chi connectivity index (χ3n) is 2.35. The lowest BCUT2D eigenvalue weighted by Gasteiger charge is -2.12. The van der Waals surface area contributed by atoms with Gasteiger partial charge >= 0.3 is 0 Å². The number of hydrazone groups is 1. The molecule has 1 rings (SSSR count). The zero-order chi connectivity index (χ0) is 14.3. The molecule has 1 amide bonds. The van der Waals surface area contributed by atoms with E-state index < -0.39 is 0 Å². The minimum absolute atomic E-state index is 0.0348. The number of amides is 1. The van der Waals surface area contributed by atoms with Gasteiger partial charge in [0.15, 0.2) is 11.5 Å². The Kier molecular flexibility index (Phi) is 5.35. The van der Waals surface area contributed by atoms with Crippen LogP contribution in [0.4, 0.5) is 0 Å². The summed E-state index contributed by atoms with van der Waals surface area (Å²) in [4.78, 5) is 11.3. The van der Waals surface area contributed by atoms with E-state index in [9.17, 15) is 9.90 Å². The molecule has 6 nitrogen and oxygen atoms in total. The van der Waals surface area contributed by atoms with Crippen LogP contribution in [-0.2, 0) is 4.79 Å². The summed E-state index contributed by atoms with van der Waals surface area (Å²) in [6, 6.07) is 6.68. The topological polar surface area (TPSA) is 85.9 Å². The number of nitriles is 1. The average molecular weight is 261 g/mol. The summed E-state index contributed by atoms with van der Waals surface area (Å²) in [5.74, 6) is 0.125. The summed E-state index contributed by atoms with van der Waals surface area (Å²) < 4.78 is 4.97. The first-order chi connectivity index (χ1) is 9.08. The molecule has 0 aliphatic carbocycles. The van der Waals surface area contributed by atoms with E-state index in [1.807, 2.05) is 6.07 Å². The molecule has 0 fully saturated rings. The van der Waals surface area contributed by atoms with Crippen molar-refractivity contribution in [3.8, 4) is 17.6 Å². The third kappa shape index (κ3) is 4.32. The van der Waals surface area contributed by atoms with E-state index in [0.717, 1.165) is 0 Å². The first kappa shape index (κ1) is 14.5. The minimum atomic E-state index is -0.239. The standard InChI is InChI=1S/C13H15N3O3/c1-10(17)16(7-3-6-14)15-9-11-4-5-12(18)13(8-11)19-2/h4-5,8-9,18H,3,7H2,1-2H3/b15-9-. The van der Waals surface area contributed by atoms with Crippen molar-refractivity contribution in [1.29, 1.82) is 5.26 Å². The van der Waals surface area contributed by atoms with E-state index in [4.69, 9.17) is 10.00 Å². The van der Waals surface area contributed by atoms with E-state index in [1.54, 1.807) is 12.1 Å². The molecule has 1 aromatic carbocycles. The fraction of sp³-hybridized carbons (Fsp3) is 0.308. The number of hydrogen-bond donors (Lipinski definition) is 1. The highest BCUT2D eigenvalue weighted by Crippen LogP contribution is 2.25. The predicted octanol–water partition coefficient (Wildman–Crippen LogP) is 1.50. The Morgan fingerprint density at radius 1 is 1.63 bits per heavy atom. The van der Waals surface area contributed by atoms with Gasteiger partial charge in [0.25, 0.3) is 0 Å². The van der Waals surface area contributed by atoms with Crippen LogP contribution in [0.1, 0.15) is 18.9 Å². The van der Waals surface area contributed by atoms with Gasteiger partial charge < -0.3 is 9.84 Å². The Morgan fingerprint density at radius 2 is 2.37 bits per heavy atom. The van der Waals surface area contributed by atoms with Crippen LogP contribution in [0.25, 0.3) is 0 Å². The molecule has 0 saturated heterocycles. The number of carbonyl (C=O) groups is 1. The fourth-order valence-electron chi connectivity index (χ4n) is 1.36. The summed E-state index contributed by atoms with van der Waals surface area (Å²) in [5, 5.41) is 23.2. The zero-order valence-corrected chi connectivity index (χ0v) is 10.8. The second kappa shape index (κ2) is 7.01. The zero-order valence-electron chi connectivity index (χ0n) is 10.8. The van der Waals surface area contributed by atoms with Gasteiger partial charge in [0, 0.05) is 6.92 Å². The van der Waals surface area contributed by atoms with Gasteiger partial charge in [-0.05, 0) is 23.8 Å². The number of ether oxygens (including phenoxy) is 1. The van der Waals surface area contributed by atoms with Gasteiger partial charge in [0.1, 0.15) is 0 Å². The maximum Gasteiger partial charge on any atom is 0.239 e. The quantitative estimate of drug-likeness (QED) is 0.642. The molecule has 6 heteroatoms. The van der Waals surface area contributed by atoms with E-state index in [0.29, 0.717) is 11.3 Å². The van der Waals surface area contributed by atoms with Gasteiger partial charge in [0.2, 0.25) is 5.91 Å². The van der Waals surface area contributed by atoms with Crippen LogP contribution in [0.3, 0.4) is 0 Å². The van der Waals surface area contributed by atoms with Crippen molar-refractivity contribution in [2.45, 2.75) is 13.3 Å². The van der Waals surface area contributed by atoms with Crippen molar-refractivity contribution in [2.75, 3.05) is 13.7 Å². The molecule has 100 valence electrons. The van der Waals surface area contributed by atoms with Crippen molar-refractivity contribution in [2.24, 2.45) is 5.10 Å². The number of aromatic hydroxyl groups is 1. The molecule has 0 aliphatic rings. The first-order valence-electron chi connectivity index (χ1n) is 5.64. The summed E-state index contributed by atoms with van der Waals surface area (Å²) >= 11 is 0. The lowest BCUT2D eigenvalue weighted by atomic mass is 10.2. The molecule has 0 heterocycles. The van der Waals surface area contributed by atoms with Crippen molar-refractivity contribution in [3.63, 3.8) is 0 Å². The van der Waals surface area contributed by atoms with Gasteiger partial charge in [-0.1, -0.05) is 0 Å². The van der Waals surface area contributed by atoms with Gasteiger partial charge in [-0.25, -0.2) is 5.01 Å². The normalized spacial score (nSPS) is 10.2. The van der Waals surface area contributed by atoms with Gasteiger partial charge in [0.05, 0.1) is 32.4 Å². The number of rotatable bonds is 5. The number of benzene rings is 1. The van der Waals surface area contributed by atoms with Gasteiger partial charge in [-0.3, -0.25) is 4.79 Å². The molecule has 1 aromatic rings. The number of phenolic OH excluding ortho intramolecular Hbond substituents is 1. The molecule has 0 unspecified atom stereocenters. The molecule has 1 N–H and O–H groups in total. The maximum atomic E-state index is 11.3. The van der Waals surface area contributed by atoms with Crippen LogP contribution in [0, 0.1) is 11.3 Å². The Hall–Kier alpha value is -2.55. The van der Waals surface area contributed by atoms with E-state index in [-0.39, 0.29) is 24.6 Å². The van der Waals surface area contributed by atoms with Gasteiger partial charge in [-0.2, -0.15) is 10.4 Å². The number of methoxy groups -OCH3 is 1. The highest BCUT2D eigenvalue weighted by Gasteiger charge is 2.06. The Morgan fingerprint density at radius 3 is 2.95 bits per heavy atom. The molecular weight excluding hydrogens is 246 g/mol. The first-order valence-corrected chi connectivity index (χ1v) is 5.64. The van der Waals surface area contributed by atoms with Crippen molar-refractivity contribution in [1.82, 2.24) is 5.01 Å². The largest absolute Gasteiger partial charge is 0.504 e. The van der Waals surface area contributed by atoms with E-state index in [1.165, 1.54) is 31.3 Å². The lowest BCUT2D eigenvalue weighted by Crippen LogP contribution is -2.24. The molecule has 0 spiro atoms.